The largest absolute Gasteiger partial charge is 0.351 e. The summed E-state index contributed by atoms with van der Waals surface area (Å²) >= 11 is 0. The number of fused-ring (bicyclic) bond motifs is 1. The van der Waals surface area contributed by atoms with E-state index in [-0.39, 0.29) is 30.3 Å². The average Bonchev–Trinajstić information content (AvgIpc) is 2.48. The van der Waals surface area contributed by atoms with Crippen molar-refractivity contribution < 1.29 is 9.59 Å². The summed E-state index contributed by atoms with van der Waals surface area (Å²) in [6, 6.07) is 6.69. The van der Waals surface area contributed by atoms with E-state index in [1.54, 1.807) is 6.07 Å². The minimum Gasteiger partial charge on any atom is -0.351 e. The van der Waals surface area contributed by atoms with Gasteiger partial charge in [-0.05, 0) is 12.1 Å². The second-order valence-corrected chi connectivity index (χ2v) is 5.54. The van der Waals surface area contributed by atoms with Gasteiger partial charge in [-0.15, -0.1) is 0 Å². The summed E-state index contributed by atoms with van der Waals surface area (Å²) in [7, 11) is 0. The third-order valence-corrected chi connectivity index (χ3v) is 3.82. The maximum atomic E-state index is 11.9. The number of aromatic nitrogens is 2. The number of nitrogens with one attached hydrogen (secondary N) is 2. The molecule has 3 rings (SSSR count). The second kappa shape index (κ2) is 6.07. The fraction of sp³-hybridized carbons (Fsp3) is 0.333. The van der Waals surface area contributed by atoms with Gasteiger partial charge in [-0.25, -0.2) is 9.78 Å². The number of aryl methyl sites for hydroxylation is 1. The highest BCUT2D eigenvalue weighted by Crippen LogP contribution is 2.08. The summed E-state index contributed by atoms with van der Waals surface area (Å²) in [6.07, 6.45) is 0.430. The highest BCUT2D eigenvalue weighted by molar-refractivity contribution is 5.78. The number of hydrogen-bond donors (Lipinski definition) is 3. The van der Waals surface area contributed by atoms with E-state index >= 15 is 0 Å². The molecule has 23 heavy (non-hydrogen) atoms. The van der Waals surface area contributed by atoms with Crippen LogP contribution in [0.2, 0.25) is 0 Å². The highest BCUT2D eigenvalue weighted by Gasteiger charge is 2.30. The van der Waals surface area contributed by atoms with Gasteiger partial charge in [0, 0.05) is 25.9 Å². The number of nitrogens with two attached hydrogens (primary N) is 1. The van der Waals surface area contributed by atoms with Crippen LogP contribution in [0.5, 0.6) is 0 Å². The number of urea groups is 1. The van der Waals surface area contributed by atoms with Crippen LogP contribution in [0.3, 0.4) is 0 Å². The molecule has 1 aliphatic rings. The monoisotopic (exact) mass is 315 g/mol. The Morgan fingerprint density at radius 1 is 1.35 bits per heavy atom. The molecule has 0 aliphatic carbocycles. The third kappa shape index (κ3) is 3.31. The number of nitrogens with zero attached hydrogens (tertiary/aromatic N) is 2. The minimum absolute atomic E-state index is 0.0714. The van der Waals surface area contributed by atoms with Crippen molar-refractivity contribution in [2.24, 2.45) is 5.73 Å². The van der Waals surface area contributed by atoms with Crippen LogP contribution in [0.1, 0.15) is 12.1 Å². The van der Waals surface area contributed by atoms with Crippen LogP contribution < -0.4 is 16.6 Å². The van der Waals surface area contributed by atoms with E-state index in [2.05, 4.69) is 15.3 Å². The van der Waals surface area contributed by atoms with E-state index in [4.69, 9.17) is 5.73 Å². The fourth-order valence-electron chi connectivity index (χ4n) is 2.52. The Morgan fingerprint density at radius 3 is 2.83 bits per heavy atom. The van der Waals surface area contributed by atoms with Crippen molar-refractivity contribution in [3.8, 4) is 0 Å². The maximum absolute atomic E-state index is 11.9. The van der Waals surface area contributed by atoms with Gasteiger partial charge in [-0.2, -0.15) is 0 Å². The molecule has 0 saturated carbocycles. The van der Waals surface area contributed by atoms with Crippen molar-refractivity contribution >= 4 is 23.0 Å². The van der Waals surface area contributed by atoms with Crippen LogP contribution in [-0.4, -0.2) is 45.9 Å². The topological polar surface area (TPSA) is 121 Å². The summed E-state index contributed by atoms with van der Waals surface area (Å²) in [5, 5.41) is 2.80. The van der Waals surface area contributed by atoms with Crippen LogP contribution in [0.4, 0.5) is 4.79 Å². The molecule has 4 N–H and O–H groups in total. The number of carbonyl (C=O) groups is 2. The molecule has 0 bridgehead atoms. The first-order valence-electron chi connectivity index (χ1n) is 7.34. The van der Waals surface area contributed by atoms with Gasteiger partial charge in [0.1, 0.15) is 5.69 Å². The van der Waals surface area contributed by atoms with Gasteiger partial charge < -0.3 is 20.9 Å². The van der Waals surface area contributed by atoms with Gasteiger partial charge in [0.15, 0.2) is 0 Å². The van der Waals surface area contributed by atoms with E-state index < -0.39 is 6.03 Å². The van der Waals surface area contributed by atoms with Gasteiger partial charge in [-0.3, -0.25) is 9.59 Å². The number of amides is 3. The Hall–Kier alpha value is -2.90. The molecule has 0 unspecified atom stereocenters. The lowest BCUT2D eigenvalue weighted by molar-refractivity contribution is -0.122. The number of carbonyl (C=O) groups excluding carboxylic acids is 2. The number of likely N-dealkylation sites (tertiary alicyclic amines) is 1. The molecule has 1 fully saturated rings. The van der Waals surface area contributed by atoms with E-state index in [1.807, 2.05) is 18.2 Å². The van der Waals surface area contributed by atoms with Crippen molar-refractivity contribution in [1.29, 1.82) is 0 Å². The smallest absolute Gasteiger partial charge is 0.314 e. The number of primary amides is 1. The number of benzene rings is 1. The number of rotatable bonds is 4. The number of para-hydroxylation sites is 2. The van der Waals surface area contributed by atoms with Gasteiger partial charge >= 0.3 is 6.03 Å². The summed E-state index contributed by atoms with van der Waals surface area (Å²) in [6.45, 7) is 0.853. The molecule has 2 heterocycles. The molecule has 8 heteroatoms. The Labute approximate surface area is 131 Å². The zero-order valence-corrected chi connectivity index (χ0v) is 12.4. The van der Waals surface area contributed by atoms with Gasteiger partial charge in [0.05, 0.1) is 17.1 Å². The molecule has 2 aromatic rings. The molecule has 1 saturated heterocycles. The standard InChI is InChI=1S/C15H17N5O3/c16-15(23)20-7-9(8-20)17-13(21)6-5-12-14(22)19-11-4-2-1-3-10(11)18-12/h1-4,9H,5-8H2,(H2,16,23)(H,17,21)(H,19,22). The van der Waals surface area contributed by atoms with Crippen LogP contribution >= 0.6 is 0 Å². The first-order chi connectivity index (χ1) is 11.0. The Morgan fingerprint density at radius 2 is 2.09 bits per heavy atom. The number of H-pyrrole nitrogens is 1. The van der Waals surface area contributed by atoms with Crippen LogP contribution in [0.15, 0.2) is 29.1 Å². The molecule has 3 amide bonds. The van der Waals surface area contributed by atoms with Crippen LogP contribution in [0.25, 0.3) is 11.0 Å². The molecule has 1 aromatic heterocycles. The minimum atomic E-state index is -0.484. The quantitative estimate of drug-likeness (QED) is 0.719. The van der Waals surface area contributed by atoms with Crippen molar-refractivity contribution in [3.63, 3.8) is 0 Å². The number of hydrogen-bond acceptors (Lipinski definition) is 4. The van der Waals surface area contributed by atoms with Crippen LogP contribution in [0, 0.1) is 0 Å². The SMILES string of the molecule is NC(=O)N1CC(NC(=O)CCc2nc3ccccc3[nH]c2=O)C1. The van der Waals surface area contributed by atoms with E-state index in [0.717, 1.165) is 0 Å². The van der Waals surface area contributed by atoms with Gasteiger partial charge in [0.2, 0.25) is 5.91 Å². The average molecular weight is 315 g/mol. The molecular formula is C15H17N5O3. The molecule has 1 aromatic carbocycles. The Balaban J connectivity index is 1.56. The first-order valence-corrected chi connectivity index (χ1v) is 7.34. The maximum Gasteiger partial charge on any atom is 0.314 e. The second-order valence-electron chi connectivity index (χ2n) is 5.54. The predicted octanol–water partition coefficient (Wildman–Crippen LogP) is -0.265. The normalized spacial score (nSPS) is 14.5. The summed E-state index contributed by atoms with van der Waals surface area (Å²) < 4.78 is 0. The summed E-state index contributed by atoms with van der Waals surface area (Å²) in [5.41, 5.74) is 6.54. The lowest BCUT2D eigenvalue weighted by Crippen LogP contribution is -2.62. The van der Waals surface area contributed by atoms with Crippen molar-refractivity contribution in [2.45, 2.75) is 18.9 Å². The van der Waals surface area contributed by atoms with Crippen molar-refractivity contribution in [1.82, 2.24) is 20.2 Å². The Bertz CT molecular complexity index is 810. The summed E-state index contributed by atoms with van der Waals surface area (Å²) in [4.78, 5) is 43.2. The van der Waals surface area contributed by atoms with Crippen molar-refractivity contribution in [3.05, 3.63) is 40.3 Å². The first kappa shape index (κ1) is 15.0. The molecular weight excluding hydrogens is 298 g/mol. The van der Waals surface area contributed by atoms with E-state index in [0.29, 0.717) is 29.8 Å². The Kier molecular flexibility index (Phi) is 3.96. The molecule has 0 spiro atoms. The van der Waals surface area contributed by atoms with Gasteiger partial charge in [-0.1, -0.05) is 12.1 Å². The van der Waals surface area contributed by atoms with E-state index in [1.165, 1.54) is 4.90 Å². The molecule has 8 nitrogen and oxygen atoms in total. The zero-order valence-electron chi connectivity index (χ0n) is 12.4. The molecule has 0 atom stereocenters. The molecule has 0 radical (unpaired) electrons. The third-order valence-electron chi connectivity index (χ3n) is 3.82. The van der Waals surface area contributed by atoms with E-state index in [9.17, 15) is 14.4 Å². The molecule has 120 valence electrons. The van der Waals surface area contributed by atoms with Crippen LogP contribution in [-0.2, 0) is 11.2 Å². The fourth-order valence-corrected chi connectivity index (χ4v) is 2.52. The van der Waals surface area contributed by atoms with Crippen molar-refractivity contribution in [2.75, 3.05) is 13.1 Å². The molecule has 1 aliphatic heterocycles. The zero-order chi connectivity index (χ0) is 16.4. The number of aromatic amines is 1. The summed E-state index contributed by atoms with van der Waals surface area (Å²) in [5.74, 6) is -0.173. The lowest BCUT2D eigenvalue weighted by Gasteiger charge is -2.38. The highest BCUT2D eigenvalue weighted by atomic mass is 16.2. The lowest BCUT2D eigenvalue weighted by atomic mass is 10.1. The predicted molar refractivity (Wildman–Crippen MR) is 83.8 cm³/mol. The van der Waals surface area contributed by atoms with Gasteiger partial charge in [0.25, 0.3) is 5.56 Å².